The zero-order chi connectivity index (χ0) is 26.1. The first kappa shape index (κ1) is 26.3. The number of halogens is 3. The molecule has 0 unspecified atom stereocenters. The number of anilines is 2. The normalized spacial score (nSPS) is 19.3. The van der Waals surface area contributed by atoms with Gasteiger partial charge in [0.2, 0.25) is 5.91 Å². The fourth-order valence-electron chi connectivity index (χ4n) is 4.81. The van der Waals surface area contributed by atoms with E-state index in [2.05, 4.69) is 15.3 Å². The Bertz CT molecular complexity index is 1210. The second-order valence-corrected chi connectivity index (χ2v) is 10.8. The molecule has 2 aromatic rings. The van der Waals surface area contributed by atoms with E-state index in [9.17, 15) is 26.4 Å². The van der Waals surface area contributed by atoms with Gasteiger partial charge in [-0.3, -0.25) is 8.98 Å². The SMILES string of the molecule is CCCc1cn(CCOS(C)(=O)=O)c(C2CCN(c3ncnc4c3[C@H](C(F)(F)F)CC(=O)N4)CC2)n1. The maximum Gasteiger partial charge on any atom is 0.396 e. The third-order valence-electron chi connectivity index (χ3n) is 6.41. The number of nitrogens with one attached hydrogen (secondary N) is 1. The fourth-order valence-corrected chi connectivity index (χ4v) is 5.19. The minimum absolute atomic E-state index is 0.00970. The Labute approximate surface area is 207 Å². The Hall–Kier alpha value is -2.74. The van der Waals surface area contributed by atoms with Gasteiger partial charge in [-0.05, 0) is 19.3 Å². The van der Waals surface area contributed by atoms with Gasteiger partial charge >= 0.3 is 6.18 Å². The van der Waals surface area contributed by atoms with Crippen molar-refractivity contribution in [3.63, 3.8) is 0 Å². The van der Waals surface area contributed by atoms with Crippen LogP contribution in [-0.2, 0) is 32.1 Å². The Morgan fingerprint density at radius 3 is 2.58 bits per heavy atom. The Kier molecular flexibility index (Phi) is 7.55. The predicted molar refractivity (Wildman–Crippen MR) is 125 cm³/mol. The van der Waals surface area contributed by atoms with E-state index in [-0.39, 0.29) is 29.7 Å². The molecule has 36 heavy (non-hydrogen) atoms. The maximum absolute atomic E-state index is 13.8. The van der Waals surface area contributed by atoms with Crippen LogP contribution in [0.15, 0.2) is 12.5 Å². The third kappa shape index (κ3) is 5.97. The molecule has 0 bridgehead atoms. The van der Waals surface area contributed by atoms with E-state index in [1.165, 1.54) is 6.33 Å². The van der Waals surface area contributed by atoms with Gasteiger partial charge in [-0.2, -0.15) is 21.6 Å². The van der Waals surface area contributed by atoms with Crippen molar-refractivity contribution in [3.8, 4) is 0 Å². The van der Waals surface area contributed by atoms with E-state index < -0.39 is 34.5 Å². The summed E-state index contributed by atoms with van der Waals surface area (Å²) in [5.41, 5.74) is 0.815. The fraction of sp³-hybridized carbons (Fsp3) is 0.636. The smallest absolute Gasteiger partial charge is 0.356 e. The largest absolute Gasteiger partial charge is 0.396 e. The van der Waals surface area contributed by atoms with E-state index in [1.807, 2.05) is 17.7 Å². The van der Waals surface area contributed by atoms with Crippen molar-refractivity contribution < 1.29 is 30.6 Å². The van der Waals surface area contributed by atoms with Gasteiger partial charge in [0, 0.05) is 38.2 Å². The van der Waals surface area contributed by atoms with Crippen LogP contribution in [0.25, 0.3) is 0 Å². The molecule has 1 saturated heterocycles. The van der Waals surface area contributed by atoms with Crippen molar-refractivity contribution in [3.05, 3.63) is 29.6 Å². The molecule has 2 aromatic heterocycles. The molecule has 0 spiro atoms. The van der Waals surface area contributed by atoms with Crippen LogP contribution in [0.3, 0.4) is 0 Å². The van der Waals surface area contributed by atoms with Gasteiger partial charge < -0.3 is 14.8 Å². The highest BCUT2D eigenvalue weighted by molar-refractivity contribution is 7.85. The highest BCUT2D eigenvalue weighted by Gasteiger charge is 2.48. The summed E-state index contributed by atoms with van der Waals surface area (Å²) in [6.07, 6.45) is 1.72. The van der Waals surface area contributed by atoms with Gasteiger partial charge in [0.15, 0.2) is 0 Å². The average molecular weight is 531 g/mol. The molecule has 1 fully saturated rings. The molecule has 0 saturated carbocycles. The number of carbonyl (C=O) groups excluding carboxylic acids is 1. The van der Waals surface area contributed by atoms with Gasteiger partial charge in [0.05, 0.1) is 30.0 Å². The predicted octanol–water partition coefficient (Wildman–Crippen LogP) is 2.97. The Balaban J connectivity index is 1.53. The molecule has 4 heterocycles. The quantitative estimate of drug-likeness (QED) is 0.518. The lowest BCUT2D eigenvalue weighted by atomic mass is 9.90. The number of imidazole rings is 1. The molecule has 1 amide bonds. The molecule has 198 valence electrons. The minimum Gasteiger partial charge on any atom is -0.356 e. The van der Waals surface area contributed by atoms with Crippen molar-refractivity contribution in [2.45, 2.75) is 63.6 Å². The van der Waals surface area contributed by atoms with E-state index in [0.717, 1.165) is 30.6 Å². The number of carbonyl (C=O) groups is 1. The molecule has 4 rings (SSSR count). The number of nitrogens with zero attached hydrogens (tertiary/aromatic N) is 5. The van der Waals surface area contributed by atoms with Crippen molar-refractivity contribution >= 4 is 27.7 Å². The molecule has 0 radical (unpaired) electrons. The van der Waals surface area contributed by atoms with E-state index in [1.54, 1.807) is 4.90 Å². The lowest BCUT2D eigenvalue weighted by Gasteiger charge is -2.36. The Morgan fingerprint density at radius 1 is 1.22 bits per heavy atom. The van der Waals surface area contributed by atoms with Crippen LogP contribution in [0.1, 0.15) is 61.5 Å². The van der Waals surface area contributed by atoms with Crippen molar-refractivity contribution in [2.75, 3.05) is 36.2 Å². The number of amides is 1. The van der Waals surface area contributed by atoms with Crippen molar-refractivity contribution in [1.29, 1.82) is 0 Å². The van der Waals surface area contributed by atoms with Gasteiger partial charge in [0.25, 0.3) is 10.1 Å². The van der Waals surface area contributed by atoms with Gasteiger partial charge in [0.1, 0.15) is 23.8 Å². The van der Waals surface area contributed by atoms with Crippen LogP contribution in [0.2, 0.25) is 0 Å². The van der Waals surface area contributed by atoms with Gasteiger partial charge in [-0.25, -0.2) is 15.0 Å². The lowest BCUT2D eigenvalue weighted by molar-refractivity contribution is -0.156. The number of hydrogen-bond acceptors (Lipinski definition) is 8. The maximum atomic E-state index is 13.8. The van der Waals surface area contributed by atoms with Crippen LogP contribution >= 0.6 is 0 Å². The van der Waals surface area contributed by atoms with E-state index >= 15 is 0 Å². The lowest BCUT2D eigenvalue weighted by Crippen LogP contribution is -2.38. The van der Waals surface area contributed by atoms with Gasteiger partial charge in [-0.15, -0.1) is 0 Å². The molecule has 10 nitrogen and oxygen atoms in total. The van der Waals surface area contributed by atoms with Crippen LogP contribution in [0.4, 0.5) is 24.8 Å². The Morgan fingerprint density at radius 2 is 1.94 bits per heavy atom. The van der Waals surface area contributed by atoms with Crippen LogP contribution < -0.4 is 10.2 Å². The summed E-state index contributed by atoms with van der Waals surface area (Å²) in [5.74, 6) is -1.71. The number of alkyl halides is 3. The summed E-state index contributed by atoms with van der Waals surface area (Å²) < 4.78 is 70.9. The number of rotatable bonds is 8. The average Bonchev–Trinajstić information content (AvgIpc) is 3.19. The highest BCUT2D eigenvalue weighted by atomic mass is 32.2. The van der Waals surface area contributed by atoms with Crippen molar-refractivity contribution in [2.24, 2.45) is 0 Å². The monoisotopic (exact) mass is 530 g/mol. The molecular formula is C22H29F3N6O4S. The van der Waals surface area contributed by atoms with Crippen molar-refractivity contribution in [1.82, 2.24) is 19.5 Å². The number of fused-ring (bicyclic) bond motifs is 1. The molecule has 1 atom stereocenters. The molecule has 0 aromatic carbocycles. The number of hydrogen-bond donors (Lipinski definition) is 1. The standard InChI is InChI=1S/C22H29F3N6O4S/c1-3-4-15-12-31(9-10-35-36(2,33)34)20(28-15)14-5-7-30(8-6-14)21-18-16(22(23,24)25)11-17(32)29-19(18)26-13-27-21/h12-14,16H,3-11H2,1-2H3,(H,26,27,29,32)/t16-/m1/s1. The molecule has 2 aliphatic rings. The molecule has 0 aliphatic carbocycles. The third-order valence-corrected chi connectivity index (χ3v) is 7.00. The highest BCUT2D eigenvalue weighted by Crippen LogP contribution is 2.46. The summed E-state index contributed by atoms with van der Waals surface area (Å²) in [6, 6.07) is 0. The zero-order valence-electron chi connectivity index (χ0n) is 20.1. The summed E-state index contributed by atoms with van der Waals surface area (Å²) in [5, 5.41) is 2.44. The number of aryl methyl sites for hydroxylation is 1. The van der Waals surface area contributed by atoms with Crippen LogP contribution in [-0.4, -0.2) is 66.0 Å². The van der Waals surface area contributed by atoms with Crippen LogP contribution in [0.5, 0.6) is 0 Å². The first-order chi connectivity index (χ1) is 17.0. The summed E-state index contributed by atoms with van der Waals surface area (Å²) in [7, 11) is -3.56. The molecule has 2 aliphatic heterocycles. The second-order valence-electron chi connectivity index (χ2n) is 9.13. The summed E-state index contributed by atoms with van der Waals surface area (Å²) in [4.78, 5) is 26.5. The molecule has 14 heteroatoms. The minimum atomic E-state index is -4.60. The van der Waals surface area contributed by atoms with Gasteiger partial charge in [-0.1, -0.05) is 13.3 Å². The first-order valence-corrected chi connectivity index (χ1v) is 13.6. The number of aromatic nitrogens is 4. The number of piperidine rings is 1. The zero-order valence-corrected chi connectivity index (χ0v) is 20.9. The second kappa shape index (κ2) is 10.3. The topological polar surface area (TPSA) is 119 Å². The molecule has 1 N–H and O–H groups in total. The summed E-state index contributed by atoms with van der Waals surface area (Å²) in [6.45, 7) is 3.25. The van der Waals surface area contributed by atoms with E-state index in [4.69, 9.17) is 9.17 Å². The first-order valence-electron chi connectivity index (χ1n) is 11.8. The van der Waals surface area contributed by atoms with Crippen LogP contribution in [0, 0.1) is 0 Å². The van der Waals surface area contributed by atoms with E-state index in [0.29, 0.717) is 32.5 Å². The summed E-state index contributed by atoms with van der Waals surface area (Å²) >= 11 is 0. The molecular weight excluding hydrogens is 501 g/mol.